The van der Waals surface area contributed by atoms with Crippen LogP contribution in [0.3, 0.4) is 0 Å². The van der Waals surface area contributed by atoms with Gasteiger partial charge in [0.1, 0.15) is 6.10 Å². The molecule has 1 fully saturated rings. The third kappa shape index (κ3) is 2.58. The van der Waals surface area contributed by atoms with Crippen LogP contribution in [-0.4, -0.2) is 34.0 Å². The van der Waals surface area contributed by atoms with E-state index in [-0.39, 0.29) is 12.7 Å². The Morgan fingerprint density at radius 2 is 2.40 bits per heavy atom. The van der Waals surface area contributed by atoms with Crippen LogP contribution in [0.15, 0.2) is 43.0 Å². The zero-order chi connectivity index (χ0) is 14.0. The summed E-state index contributed by atoms with van der Waals surface area (Å²) in [5, 5.41) is 9.89. The number of hydrogen-bond acceptors (Lipinski definition) is 4. The normalized spacial score (nSPS) is 26.0. The number of imidazole rings is 1. The van der Waals surface area contributed by atoms with Crippen molar-refractivity contribution in [1.82, 2.24) is 9.55 Å². The van der Waals surface area contributed by atoms with E-state index in [1.807, 2.05) is 29.0 Å². The third-order valence-electron chi connectivity index (χ3n) is 3.28. The fourth-order valence-electron chi connectivity index (χ4n) is 2.33. The summed E-state index contributed by atoms with van der Waals surface area (Å²) in [5.41, 5.74) is 0.828. The molecule has 0 amide bonds. The summed E-state index contributed by atoms with van der Waals surface area (Å²) >= 11 is 6.06. The molecular formula is C14H15ClN2O3. The molecule has 0 radical (unpaired) electrons. The minimum Gasteiger partial charge on any atom is -0.394 e. The molecule has 6 heteroatoms. The largest absolute Gasteiger partial charge is 0.394 e. The summed E-state index contributed by atoms with van der Waals surface area (Å²) in [6, 6.07) is 7.38. The van der Waals surface area contributed by atoms with Gasteiger partial charge in [0.2, 0.25) is 5.79 Å². The number of aliphatic hydroxyl groups is 1. The van der Waals surface area contributed by atoms with Crippen LogP contribution in [0.4, 0.5) is 0 Å². The Morgan fingerprint density at radius 1 is 1.50 bits per heavy atom. The zero-order valence-corrected chi connectivity index (χ0v) is 11.5. The highest BCUT2D eigenvalue weighted by Gasteiger charge is 2.43. The molecule has 2 unspecified atom stereocenters. The maximum absolute atomic E-state index is 9.28. The molecule has 20 heavy (non-hydrogen) atoms. The number of halogens is 1. The number of hydrogen-bond donors (Lipinski definition) is 1. The molecule has 106 valence electrons. The summed E-state index contributed by atoms with van der Waals surface area (Å²) in [6.07, 6.45) is 4.90. The van der Waals surface area contributed by atoms with Crippen LogP contribution >= 0.6 is 11.6 Å². The highest BCUT2D eigenvalue weighted by atomic mass is 35.5. The Hall–Kier alpha value is -1.40. The van der Waals surface area contributed by atoms with Crippen molar-refractivity contribution in [2.45, 2.75) is 18.4 Å². The van der Waals surface area contributed by atoms with Crippen LogP contribution in [0.25, 0.3) is 0 Å². The van der Waals surface area contributed by atoms with Gasteiger partial charge in [-0.2, -0.15) is 0 Å². The van der Waals surface area contributed by atoms with E-state index < -0.39 is 5.79 Å². The first-order valence-electron chi connectivity index (χ1n) is 6.36. The molecule has 2 aromatic rings. The average Bonchev–Trinajstić information content (AvgIpc) is 3.09. The number of aliphatic hydroxyl groups excluding tert-OH is 1. The molecular weight excluding hydrogens is 280 g/mol. The summed E-state index contributed by atoms with van der Waals surface area (Å²) in [6.45, 7) is 0.716. The molecule has 0 bridgehead atoms. The van der Waals surface area contributed by atoms with Gasteiger partial charge in [0.05, 0.1) is 26.1 Å². The smallest absolute Gasteiger partial charge is 0.214 e. The maximum Gasteiger partial charge on any atom is 0.214 e. The van der Waals surface area contributed by atoms with Gasteiger partial charge in [-0.1, -0.05) is 23.7 Å². The second-order valence-electron chi connectivity index (χ2n) is 4.73. The van der Waals surface area contributed by atoms with Gasteiger partial charge in [0, 0.05) is 23.0 Å². The molecule has 0 saturated carbocycles. The third-order valence-corrected chi connectivity index (χ3v) is 3.51. The lowest BCUT2D eigenvalue weighted by Gasteiger charge is -2.29. The van der Waals surface area contributed by atoms with E-state index in [9.17, 15) is 5.11 Å². The zero-order valence-electron chi connectivity index (χ0n) is 10.8. The van der Waals surface area contributed by atoms with Crippen molar-refractivity contribution >= 4 is 11.6 Å². The van der Waals surface area contributed by atoms with Gasteiger partial charge in [0.15, 0.2) is 0 Å². The predicted molar refractivity (Wildman–Crippen MR) is 73.3 cm³/mol. The van der Waals surface area contributed by atoms with Crippen molar-refractivity contribution < 1.29 is 14.6 Å². The van der Waals surface area contributed by atoms with Crippen LogP contribution < -0.4 is 0 Å². The molecule has 1 saturated heterocycles. The standard InChI is InChI=1S/C14H15ClN2O3/c15-12-3-1-2-11(6-12)14(9-17-5-4-16-10-17)19-8-13(7-18)20-14/h1-6,10,13,18H,7-9H2. The van der Waals surface area contributed by atoms with Gasteiger partial charge in [-0.15, -0.1) is 0 Å². The van der Waals surface area contributed by atoms with Crippen LogP contribution in [0.5, 0.6) is 0 Å². The van der Waals surface area contributed by atoms with Crippen molar-refractivity contribution in [3.63, 3.8) is 0 Å². The van der Waals surface area contributed by atoms with Gasteiger partial charge in [-0.3, -0.25) is 0 Å². The lowest BCUT2D eigenvalue weighted by Crippen LogP contribution is -2.33. The quantitative estimate of drug-likeness (QED) is 0.934. The van der Waals surface area contributed by atoms with Crippen molar-refractivity contribution in [1.29, 1.82) is 0 Å². The number of rotatable bonds is 4. The Kier molecular flexibility index (Phi) is 3.76. The highest BCUT2D eigenvalue weighted by Crippen LogP contribution is 2.36. The molecule has 2 atom stereocenters. The average molecular weight is 295 g/mol. The second-order valence-corrected chi connectivity index (χ2v) is 5.17. The van der Waals surface area contributed by atoms with Gasteiger partial charge < -0.3 is 19.1 Å². The van der Waals surface area contributed by atoms with Crippen molar-refractivity contribution in [3.8, 4) is 0 Å². The molecule has 0 aliphatic carbocycles. The molecule has 1 aromatic heterocycles. The van der Waals surface area contributed by atoms with Crippen LogP contribution in [0, 0.1) is 0 Å². The first-order valence-corrected chi connectivity index (χ1v) is 6.74. The van der Waals surface area contributed by atoms with Crippen LogP contribution in [0.2, 0.25) is 5.02 Å². The molecule has 1 aliphatic heterocycles. The van der Waals surface area contributed by atoms with Crippen molar-refractivity contribution in [3.05, 3.63) is 53.6 Å². The van der Waals surface area contributed by atoms with Crippen LogP contribution in [-0.2, 0) is 21.8 Å². The highest BCUT2D eigenvalue weighted by molar-refractivity contribution is 6.30. The van der Waals surface area contributed by atoms with Gasteiger partial charge >= 0.3 is 0 Å². The fraction of sp³-hybridized carbons (Fsp3) is 0.357. The summed E-state index contributed by atoms with van der Waals surface area (Å²) < 4.78 is 13.7. The van der Waals surface area contributed by atoms with Gasteiger partial charge in [-0.05, 0) is 12.1 Å². The Labute approximate surface area is 121 Å². The second kappa shape index (κ2) is 5.54. The summed E-state index contributed by atoms with van der Waals surface area (Å²) in [5.74, 6) is -0.945. The summed E-state index contributed by atoms with van der Waals surface area (Å²) in [4.78, 5) is 4.02. The lowest BCUT2D eigenvalue weighted by atomic mass is 10.1. The monoisotopic (exact) mass is 294 g/mol. The first-order chi connectivity index (χ1) is 9.72. The number of benzene rings is 1. The summed E-state index contributed by atoms with van der Waals surface area (Å²) in [7, 11) is 0. The topological polar surface area (TPSA) is 56.5 Å². The van der Waals surface area contributed by atoms with Crippen molar-refractivity contribution in [2.24, 2.45) is 0 Å². The number of nitrogens with zero attached hydrogens (tertiary/aromatic N) is 2. The molecule has 1 aromatic carbocycles. The molecule has 3 rings (SSSR count). The molecule has 1 N–H and O–H groups in total. The molecule has 5 nitrogen and oxygen atoms in total. The van der Waals surface area contributed by atoms with E-state index in [0.717, 1.165) is 5.56 Å². The van der Waals surface area contributed by atoms with Crippen LogP contribution in [0.1, 0.15) is 5.56 Å². The van der Waals surface area contributed by atoms with E-state index in [2.05, 4.69) is 4.98 Å². The Bertz CT molecular complexity index is 576. The van der Waals surface area contributed by atoms with Crippen molar-refractivity contribution in [2.75, 3.05) is 13.2 Å². The predicted octanol–water partition coefficient (Wildman–Crippen LogP) is 1.80. The minimum atomic E-state index is -0.945. The van der Waals surface area contributed by atoms with E-state index in [0.29, 0.717) is 18.2 Å². The number of ether oxygens (including phenoxy) is 2. The molecule has 2 heterocycles. The van der Waals surface area contributed by atoms with Gasteiger partial charge in [0.25, 0.3) is 0 Å². The fourth-order valence-corrected chi connectivity index (χ4v) is 2.52. The van der Waals surface area contributed by atoms with E-state index in [1.54, 1.807) is 18.6 Å². The SMILES string of the molecule is OCC1COC(Cn2ccnc2)(c2cccc(Cl)c2)O1. The van der Waals surface area contributed by atoms with Gasteiger partial charge in [-0.25, -0.2) is 4.98 Å². The number of aromatic nitrogens is 2. The molecule has 0 spiro atoms. The van der Waals surface area contributed by atoms with E-state index >= 15 is 0 Å². The Balaban J connectivity index is 1.95. The van der Waals surface area contributed by atoms with E-state index in [4.69, 9.17) is 21.1 Å². The minimum absolute atomic E-state index is 0.0771. The lowest BCUT2D eigenvalue weighted by molar-refractivity contribution is -0.190. The molecule has 1 aliphatic rings. The first kappa shape index (κ1) is 13.6. The van der Waals surface area contributed by atoms with E-state index in [1.165, 1.54) is 0 Å². The maximum atomic E-state index is 9.28. The Morgan fingerprint density at radius 3 is 3.05 bits per heavy atom.